The van der Waals surface area contributed by atoms with E-state index in [0.29, 0.717) is 30.2 Å². The van der Waals surface area contributed by atoms with Crippen molar-refractivity contribution in [2.24, 2.45) is 0 Å². The van der Waals surface area contributed by atoms with Crippen molar-refractivity contribution in [3.8, 4) is 11.5 Å². The average molecular weight is 390 g/mol. The second-order valence-electron chi connectivity index (χ2n) is 6.10. The van der Waals surface area contributed by atoms with Crippen molar-refractivity contribution in [3.05, 3.63) is 54.1 Å². The van der Waals surface area contributed by atoms with Gasteiger partial charge in [-0.25, -0.2) is 8.42 Å². The minimum absolute atomic E-state index is 0.129. The number of piperazine rings is 1. The fourth-order valence-corrected chi connectivity index (χ4v) is 4.39. The van der Waals surface area contributed by atoms with E-state index in [2.05, 4.69) is 0 Å². The topological polar surface area (TPSA) is 76.2 Å². The Kier molecular flexibility index (Phi) is 5.67. The Bertz CT molecular complexity index is 904. The number of hydrogen-bond acceptors (Lipinski definition) is 5. The van der Waals surface area contributed by atoms with E-state index < -0.39 is 10.0 Å². The molecule has 27 heavy (non-hydrogen) atoms. The fourth-order valence-electron chi connectivity index (χ4n) is 2.97. The zero-order chi connectivity index (χ0) is 19.4. The Morgan fingerprint density at radius 3 is 2.11 bits per heavy atom. The van der Waals surface area contributed by atoms with E-state index in [4.69, 9.17) is 9.47 Å². The van der Waals surface area contributed by atoms with Gasteiger partial charge in [-0.1, -0.05) is 6.07 Å². The minimum Gasteiger partial charge on any atom is -0.497 e. The number of carbonyl (C=O) groups is 1. The van der Waals surface area contributed by atoms with Gasteiger partial charge in [0.25, 0.3) is 5.91 Å². The van der Waals surface area contributed by atoms with Crippen LogP contribution in [-0.2, 0) is 10.0 Å². The molecule has 0 radical (unpaired) electrons. The second-order valence-corrected chi connectivity index (χ2v) is 8.04. The number of benzene rings is 2. The van der Waals surface area contributed by atoms with Crippen LogP contribution in [0, 0.1) is 0 Å². The van der Waals surface area contributed by atoms with Gasteiger partial charge < -0.3 is 14.4 Å². The monoisotopic (exact) mass is 390 g/mol. The molecule has 0 saturated carbocycles. The lowest BCUT2D eigenvalue weighted by Crippen LogP contribution is -2.50. The van der Waals surface area contributed by atoms with Gasteiger partial charge in [0.15, 0.2) is 0 Å². The molecule has 3 rings (SSSR count). The summed E-state index contributed by atoms with van der Waals surface area (Å²) in [4.78, 5) is 14.5. The van der Waals surface area contributed by atoms with Gasteiger partial charge in [0.1, 0.15) is 11.5 Å². The first kappa shape index (κ1) is 19.2. The summed E-state index contributed by atoms with van der Waals surface area (Å²) in [5.41, 5.74) is 0.529. The van der Waals surface area contributed by atoms with Crippen molar-refractivity contribution in [1.29, 1.82) is 0 Å². The van der Waals surface area contributed by atoms with Crippen LogP contribution in [-0.4, -0.2) is 63.9 Å². The quantitative estimate of drug-likeness (QED) is 0.779. The highest BCUT2D eigenvalue weighted by Crippen LogP contribution is 2.21. The molecule has 1 saturated heterocycles. The molecule has 1 aliphatic heterocycles. The molecule has 1 aliphatic rings. The maximum Gasteiger partial charge on any atom is 0.254 e. The Labute approximate surface area is 159 Å². The van der Waals surface area contributed by atoms with Gasteiger partial charge in [-0.15, -0.1) is 0 Å². The van der Waals surface area contributed by atoms with Gasteiger partial charge in [0.2, 0.25) is 10.0 Å². The van der Waals surface area contributed by atoms with Crippen LogP contribution in [0.4, 0.5) is 0 Å². The molecule has 0 spiro atoms. The molecule has 0 aliphatic carbocycles. The summed E-state index contributed by atoms with van der Waals surface area (Å²) < 4.78 is 37.2. The maximum absolute atomic E-state index is 12.8. The van der Waals surface area contributed by atoms with Gasteiger partial charge >= 0.3 is 0 Å². The van der Waals surface area contributed by atoms with Gasteiger partial charge in [0.05, 0.1) is 19.1 Å². The molecule has 2 aromatic rings. The molecular weight excluding hydrogens is 368 g/mol. The summed E-state index contributed by atoms with van der Waals surface area (Å²) in [6.45, 7) is 1.19. The molecular formula is C19H22N2O5S. The summed E-state index contributed by atoms with van der Waals surface area (Å²) in [7, 11) is -0.514. The van der Waals surface area contributed by atoms with E-state index in [1.165, 1.54) is 23.5 Å². The summed E-state index contributed by atoms with van der Waals surface area (Å²) in [6, 6.07) is 13.2. The van der Waals surface area contributed by atoms with Crippen LogP contribution < -0.4 is 9.47 Å². The molecule has 0 aromatic heterocycles. The molecule has 7 nitrogen and oxygen atoms in total. The normalized spacial score (nSPS) is 15.4. The molecule has 1 amide bonds. The van der Waals surface area contributed by atoms with Crippen molar-refractivity contribution in [1.82, 2.24) is 9.21 Å². The van der Waals surface area contributed by atoms with Crippen molar-refractivity contribution in [3.63, 3.8) is 0 Å². The van der Waals surface area contributed by atoms with Crippen molar-refractivity contribution in [2.45, 2.75) is 4.90 Å². The Morgan fingerprint density at radius 1 is 0.889 bits per heavy atom. The standard InChI is InChI=1S/C19H22N2O5S/c1-25-16-6-8-18(9-7-16)27(23,24)21-12-10-20(11-13-21)19(22)15-4-3-5-17(14-15)26-2/h3-9,14H,10-13H2,1-2H3. The van der Waals surface area contributed by atoms with E-state index in [9.17, 15) is 13.2 Å². The predicted octanol–water partition coefficient (Wildman–Crippen LogP) is 1.85. The molecule has 8 heteroatoms. The van der Waals surface area contributed by atoms with E-state index in [1.807, 2.05) is 0 Å². The lowest BCUT2D eigenvalue weighted by molar-refractivity contribution is 0.0697. The van der Waals surface area contributed by atoms with E-state index in [1.54, 1.807) is 48.4 Å². The molecule has 0 bridgehead atoms. The molecule has 0 atom stereocenters. The lowest BCUT2D eigenvalue weighted by Gasteiger charge is -2.34. The number of sulfonamides is 1. The maximum atomic E-state index is 12.8. The van der Waals surface area contributed by atoms with Crippen LogP contribution in [0.25, 0.3) is 0 Å². The van der Waals surface area contributed by atoms with Crippen molar-refractivity contribution >= 4 is 15.9 Å². The number of carbonyl (C=O) groups excluding carboxylic acids is 1. The first-order chi connectivity index (χ1) is 13.0. The van der Waals surface area contributed by atoms with Crippen LogP contribution in [0.5, 0.6) is 11.5 Å². The van der Waals surface area contributed by atoms with E-state index >= 15 is 0 Å². The number of rotatable bonds is 5. The minimum atomic E-state index is -3.59. The average Bonchev–Trinajstić information content (AvgIpc) is 2.73. The molecule has 1 heterocycles. The Morgan fingerprint density at radius 2 is 1.52 bits per heavy atom. The molecule has 0 N–H and O–H groups in total. The third kappa shape index (κ3) is 4.06. The number of hydrogen-bond donors (Lipinski definition) is 0. The first-order valence-electron chi connectivity index (χ1n) is 8.53. The second kappa shape index (κ2) is 7.98. The third-order valence-corrected chi connectivity index (χ3v) is 6.45. The molecule has 0 unspecified atom stereocenters. The van der Waals surface area contributed by atoms with Gasteiger partial charge in [-0.05, 0) is 42.5 Å². The number of amides is 1. The third-order valence-electron chi connectivity index (χ3n) is 4.54. The zero-order valence-electron chi connectivity index (χ0n) is 15.3. The van der Waals surface area contributed by atoms with Crippen LogP contribution in [0.15, 0.2) is 53.4 Å². The van der Waals surface area contributed by atoms with E-state index in [-0.39, 0.29) is 23.9 Å². The largest absolute Gasteiger partial charge is 0.497 e. The van der Waals surface area contributed by atoms with Gasteiger partial charge in [-0.2, -0.15) is 4.31 Å². The van der Waals surface area contributed by atoms with Crippen LogP contribution in [0.2, 0.25) is 0 Å². The van der Waals surface area contributed by atoms with Crippen molar-refractivity contribution < 1.29 is 22.7 Å². The number of nitrogens with zero attached hydrogens (tertiary/aromatic N) is 2. The molecule has 144 valence electrons. The lowest BCUT2D eigenvalue weighted by atomic mass is 10.1. The predicted molar refractivity (Wildman–Crippen MR) is 101 cm³/mol. The van der Waals surface area contributed by atoms with Crippen molar-refractivity contribution in [2.75, 3.05) is 40.4 Å². The van der Waals surface area contributed by atoms with Crippen LogP contribution in [0.3, 0.4) is 0 Å². The highest BCUT2D eigenvalue weighted by atomic mass is 32.2. The number of ether oxygens (including phenoxy) is 2. The molecule has 2 aromatic carbocycles. The first-order valence-corrected chi connectivity index (χ1v) is 9.97. The van der Waals surface area contributed by atoms with Gasteiger partial charge in [-0.3, -0.25) is 4.79 Å². The fraction of sp³-hybridized carbons (Fsp3) is 0.316. The Hall–Kier alpha value is -2.58. The number of methoxy groups -OCH3 is 2. The van der Waals surface area contributed by atoms with Crippen LogP contribution in [0.1, 0.15) is 10.4 Å². The SMILES string of the molecule is COc1ccc(S(=O)(=O)N2CCN(C(=O)c3cccc(OC)c3)CC2)cc1. The molecule has 1 fully saturated rings. The smallest absolute Gasteiger partial charge is 0.254 e. The van der Waals surface area contributed by atoms with Gasteiger partial charge in [0, 0.05) is 31.7 Å². The highest BCUT2D eigenvalue weighted by molar-refractivity contribution is 7.89. The zero-order valence-corrected chi connectivity index (χ0v) is 16.1. The Balaban J connectivity index is 1.67. The summed E-state index contributed by atoms with van der Waals surface area (Å²) >= 11 is 0. The highest BCUT2D eigenvalue weighted by Gasteiger charge is 2.30. The van der Waals surface area contributed by atoms with Crippen LogP contribution >= 0.6 is 0 Å². The summed E-state index contributed by atoms with van der Waals surface area (Å²) in [5.74, 6) is 1.08. The summed E-state index contributed by atoms with van der Waals surface area (Å²) in [5, 5.41) is 0. The summed E-state index contributed by atoms with van der Waals surface area (Å²) in [6.07, 6.45) is 0. The van der Waals surface area contributed by atoms with E-state index in [0.717, 1.165) is 0 Å².